The SMILES string of the molecule is N#Cc1ccc(NCC(=O)N2CCCC(C(=O)Nc3ccccc3)C2)cc1. The molecule has 1 aliphatic heterocycles. The number of benzene rings is 2. The summed E-state index contributed by atoms with van der Waals surface area (Å²) in [5.74, 6) is -0.270. The number of likely N-dealkylation sites (tertiary alicyclic amines) is 1. The first-order chi connectivity index (χ1) is 13.2. The molecule has 1 atom stereocenters. The van der Waals surface area contributed by atoms with Crippen LogP contribution in [-0.4, -0.2) is 36.3 Å². The van der Waals surface area contributed by atoms with Crippen LogP contribution in [0.4, 0.5) is 11.4 Å². The van der Waals surface area contributed by atoms with E-state index in [0.29, 0.717) is 18.7 Å². The van der Waals surface area contributed by atoms with Crippen LogP contribution in [0, 0.1) is 17.2 Å². The van der Waals surface area contributed by atoms with Crippen LogP contribution in [-0.2, 0) is 9.59 Å². The molecule has 0 spiro atoms. The van der Waals surface area contributed by atoms with Crippen molar-refractivity contribution in [2.75, 3.05) is 30.3 Å². The quantitative estimate of drug-likeness (QED) is 0.856. The Morgan fingerprint density at radius 2 is 1.81 bits per heavy atom. The van der Waals surface area contributed by atoms with Gasteiger partial charge in [-0.15, -0.1) is 0 Å². The molecule has 1 fully saturated rings. The predicted octanol–water partition coefficient (Wildman–Crippen LogP) is 2.85. The van der Waals surface area contributed by atoms with Gasteiger partial charge in [0.15, 0.2) is 0 Å². The highest BCUT2D eigenvalue weighted by Gasteiger charge is 2.28. The van der Waals surface area contributed by atoms with Gasteiger partial charge in [-0.1, -0.05) is 18.2 Å². The number of carbonyl (C=O) groups excluding carboxylic acids is 2. The fraction of sp³-hybridized carbons (Fsp3) is 0.286. The number of piperidine rings is 1. The third-order valence-corrected chi connectivity index (χ3v) is 4.64. The van der Waals surface area contributed by atoms with Gasteiger partial charge in [0.05, 0.1) is 24.1 Å². The van der Waals surface area contributed by atoms with Crippen molar-refractivity contribution >= 4 is 23.2 Å². The van der Waals surface area contributed by atoms with Crippen LogP contribution in [0.2, 0.25) is 0 Å². The first-order valence-electron chi connectivity index (χ1n) is 9.03. The smallest absolute Gasteiger partial charge is 0.241 e. The molecule has 2 N–H and O–H groups in total. The van der Waals surface area contributed by atoms with Crippen LogP contribution < -0.4 is 10.6 Å². The fourth-order valence-corrected chi connectivity index (χ4v) is 3.14. The molecule has 0 bridgehead atoms. The summed E-state index contributed by atoms with van der Waals surface area (Å²) in [6.07, 6.45) is 1.60. The minimum absolute atomic E-state index is 0.0310. The molecule has 2 aromatic rings. The summed E-state index contributed by atoms with van der Waals surface area (Å²) in [7, 11) is 0. The lowest BCUT2D eigenvalue weighted by atomic mass is 9.97. The van der Waals surface area contributed by atoms with Crippen molar-refractivity contribution < 1.29 is 9.59 Å². The Balaban J connectivity index is 1.51. The van der Waals surface area contributed by atoms with Crippen molar-refractivity contribution in [2.45, 2.75) is 12.8 Å². The molecule has 1 saturated heterocycles. The van der Waals surface area contributed by atoms with E-state index in [0.717, 1.165) is 24.2 Å². The van der Waals surface area contributed by atoms with E-state index in [1.165, 1.54) is 0 Å². The van der Waals surface area contributed by atoms with Crippen molar-refractivity contribution in [2.24, 2.45) is 5.92 Å². The summed E-state index contributed by atoms with van der Waals surface area (Å²) >= 11 is 0. The second-order valence-corrected chi connectivity index (χ2v) is 6.58. The molecule has 1 unspecified atom stereocenters. The zero-order chi connectivity index (χ0) is 19.1. The average Bonchev–Trinajstić information content (AvgIpc) is 2.73. The molecular weight excluding hydrogens is 340 g/mol. The van der Waals surface area contributed by atoms with Gasteiger partial charge in [0.2, 0.25) is 11.8 Å². The first kappa shape index (κ1) is 18.5. The van der Waals surface area contributed by atoms with Crippen molar-refractivity contribution in [1.82, 2.24) is 4.90 Å². The maximum absolute atomic E-state index is 12.5. The summed E-state index contributed by atoms with van der Waals surface area (Å²) in [6, 6.07) is 18.4. The van der Waals surface area contributed by atoms with Crippen LogP contribution in [0.5, 0.6) is 0 Å². The largest absolute Gasteiger partial charge is 0.376 e. The number of anilines is 2. The minimum atomic E-state index is -0.196. The maximum Gasteiger partial charge on any atom is 0.241 e. The van der Waals surface area contributed by atoms with Gasteiger partial charge >= 0.3 is 0 Å². The number of hydrogen-bond acceptors (Lipinski definition) is 4. The van der Waals surface area contributed by atoms with Gasteiger partial charge in [-0.05, 0) is 49.2 Å². The summed E-state index contributed by atoms with van der Waals surface area (Å²) in [5, 5.41) is 14.8. The van der Waals surface area contributed by atoms with Crippen molar-refractivity contribution in [3.8, 4) is 6.07 Å². The van der Waals surface area contributed by atoms with Crippen LogP contribution in [0.1, 0.15) is 18.4 Å². The summed E-state index contributed by atoms with van der Waals surface area (Å²) in [4.78, 5) is 26.7. The summed E-state index contributed by atoms with van der Waals surface area (Å²) in [5.41, 5.74) is 2.14. The van der Waals surface area contributed by atoms with E-state index in [1.54, 1.807) is 29.2 Å². The van der Waals surface area contributed by atoms with E-state index in [4.69, 9.17) is 5.26 Å². The fourth-order valence-electron chi connectivity index (χ4n) is 3.14. The number of carbonyl (C=O) groups is 2. The van der Waals surface area contributed by atoms with Gasteiger partial charge in [-0.2, -0.15) is 5.26 Å². The van der Waals surface area contributed by atoms with Crippen molar-refractivity contribution in [1.29, 1.82) is 5.26 Å². The van der Waals surface area contributed by atoms with E-state index in [2.05, 4.69) is 16.7 Å². The Labute approximate surface area is 158 Å². The number of nitrogens with one attached hydrogen (secondary N) is 2. The van der Waals surface area contributed by atoms with Crippen LogP contribution in [0.15, 0.2) is 54.6 Å². The van der Waals surface area contributed by atoms with E-state index in [1.807, 2.05) is 30.3 Å². The van der Waals surface area contributed by atoms with E-state index in [-0.39, 0.29) is 24.3 Å². The predicted molar refractivity (Wildman–Crippen MR) is 104 cm³/mol. The van der Waals surface area contributed by atoms with Gasteiger partial charge in [-0.25, -0.2) is 0 Å². The first-order valence-corrected chi connectivity index (χ1v) is 9.03. The zero-order valence-electron chi connectivity index (χ0n) is 15.0. The topological polar surface area (TPSA) is 85.2 Å². The molecule has 0 saturated carbocycles. The average molecular weight is 362 g/mol. The zero-order valence-corrected chi connectivity index (χ0v) is 15.0. The highest BCUT2D eigenvalue weighted by molar-refractivity contribution is 5.93. The number of rotatable bonds is 5. The van der Waals surface area contributed by atoms with E-state index < -0.39 is 0 Å². The standard InChI is InChI=1S/C21H22N4O2/c22-13-16-8-10-18(11-9-16)23-14-20(26)25-12-4-5-17(15-25)21(27)24-19-6-2-1-3-7-19/h1-3,6-11,17,23H,4-5,12,14-15H2,(H,24,27). The lowest BCUT2D eigenvalue weighted by Crippen LogP contribution is -2.45. The molecule has 2 amide bonds. The Kier molecular flexibility index (Phi) is 6.06. The molecule has 6 nitrogen and oxygen atoms in total. The third-order valence-electron chi connectivity index (χ3n) is 4.64. The Morgan fingerprint density at radius 1 is 1.07 bits per heavy atom. The Bertz CT molecular complexity index is 828. The van der Waals surface area contributed by atoms with Crippen molar-refractivity contribution in [3.63, 3.8) is 0 Å². The highest BCUT2D eigenvalue weighted by atomic mass is 16.2. The lowest BCUT2D eigenvalue weighted by Gasteiger charge is -2.32. The molecule has 0 radical (unpaired) electrons. The Morgan fingerprint density at radius 3 is 2.52 bits per heavy atom. The number of nitriles is 1. The molecule has 2 aromatic carbocycles. The molecule has 6 heteroatoms. The third kappa shape index (κ3) is 5.08. The van der Waals surface area contributed by atoms with Crippen molar-refractivity contribution in [3.05, 3.63) is 60.2 Å². The van der Waals surface area contributed by atoms with E-state index in [9.17, 15) is 9.59 Å². The molecule has 0 aliphatic carbocycles. The molecule has 1 aliphatic rings. The number of para-hydroxylation sites is 1. The second kappa shape index (κ2) is 8.86. The molecular formula is C21H22N4O2. The highest BCUT2D eigenvalue weighted by Crippen LogP contribution is 2.19. The summed E-state index contributed by atoms with van der Waals surface area (Å²) < 4.78 is 0. The monoisotopic (exact) mass is 362 g/mol. The minimum Gasteiger partial charge on any atom is -0.376 e. The number of nitrogens with zero attached hydrogens (tertiary/aromatic N) is 2. The van der Waals surface area contributed by atoms with E-state index >= 15 is 0 Å². The van der Waals surface area contributed by atoms with Gasteiger partial charge in [-0.3, -0.25) is 9.59 Å². The van der Waals surface area contributed by atoms with Gasteiger partial charge in [0, 0.05) is 24.5 Å². The molecule has 138 valence electrons. The number of amides is 2. The lowest BCUT2D eigenvalue weighted by molar-refractivity contribution is -0.132. The number of hydrogen-bond donors (Lipinski definition) is 2. The van der Waals surface area contributed by atoms with Gasteiger partial charge < -0.3 is 15.5 Å². The maximum atomic E-state index is 12.5. The van der Waals surface area contributed by atoms with Gasteiger partial charge in [0.1, 0.15) is 0 Å². The normalized spacial score (nSPS) is 16.3. The molecule has 1 heterocycles. The van der Waals surface area contributed by atoms with Gasteiger partial charge in [0.25, 0.3) is 0 Å². The molecule has 0 aromatic heterocycles. The summed E-state index contributed by atoms with van der Waals surface area (Å²) in [6.45, 7) is 1.27. The van der Waals surface area contributed by atoms with Crippen LogP contribution in [0.25, 0.3) is 0 Å². The molecule has 3 rings (SSSR count). The van der Waals surface area contributed by atoms with Crippen LogP contribution in [0.3, 0.4) is 0 Å². The second-order valence-electron chi connectivity index (χ2n) is 6.58. The Hall–Kier alpha value is -3.33. The van der Waals surface area contributed by atoms with Crippen LogP contribution >= 0.6 is 0 Å². The molecule has 27 heavy (non-hydrogen) atoms.